The molecule has 26 heavy (non-hydrogen) atoms. The van der Waals surface area contributed by atoms with Crippen molar-refractivity contribution in [2.24, 2.45) is 11.7 Å². The number of anilines is 1. The normalized spacial score (nSPS) is 20.5. The van der Waals surface area contributed by atoms with E-state index in [-0.39, 0.29) is 30.8 Å². The highest BCUT2D eigenvalue weighted by Gasteiger charge is 2.38. The molecule has 3 heterocycles. The fourth-order valence-electron chi connectivity index (χ4n) is 3.81. The molecular weight excluding hydrogens is 377 g/mol. The number of benzene rings is 1. The topological polar surface area (TPSA) is 97.3 Å². The molecule has 0 spiro atoms. The van der Waals surface area contributed by atoms with E-state index in [0.717, 1.165) is 37.2 Å². The van der Waals surface area contributed by atoms with E-state index < -0.39 is 0 Å². The van der Waals surface area contributed by atoms with Crippen LogP contribution in [0.1, 0.15) is 36.0 Å². The van der Waals surface area contributed by atoms with Crippen molar-refractivity contribution in [3.63, 3.8) is 0 Å². The van der Waals surface area contributed by atoms with Crippen molar-refractivity contribution in [3.8, 4) is 0 Å². The smallest absolute Gasteiger partial charge is 0.240 e. The first kappa shape index (κ1) is 19.1. The lowest BCUT2D eigenvalue weighted by molar-refractivity contribution is -0.118. The van der Waals surface area contributed by atoms with Crippen LogP contribution >= 0.6 is 24.0 Å². The molecule has 1 saturated heterocycles. The minimum absolute atomic E-state index is 0. The van der Waals surface area contributed by atoms with Gasteiger partial charge in [-0.25, -0.2) is 0 Å². The summed E-state index contributed by atoms with van der Waals surface area (Å²) in [6, 6.07) is 5.66. The molecule has 4 rings (SSSR count). The Kier molecular flexibility index (Phi) is 5.82. The van der Waals surface area contributed by atoms with Crippen LogP contribution in [0.2, 0.25) is 5.02 Å². The van der Waals surface area contributed by atoms with Gasteiger partial charge in [-0.3, -0.25) is 9.69 Å². The number of amides is 1. The van der Waals surface area contributed by atoms with Crippen LogP contribution in [0.5, 0.6) is 0 Å². The van der Waals surface area contributed by atoms with E-state index in [2.05, 4.69) is 20.4 Å². The first-order valence-electron chi connectivity index (χ1n) is 8.48. The predicted octanol–water partition coefficient (Wildman–Crippen LogP) is 2.55. The molecule has 7 nitrogen and oxygen atoms in total. The Hall–Kier alpha value is -1.67. The van der Waals surface area contributed by atoms with Crippen molar-refractivity contribution in [2.75, 3.05) is 18.4 Å². The van der Waals surface area contributed by atoms with Crippen molar-refractivity contribution in [2.45, 2.75) is 31.8 Å². The molecular formula is C17H21Cl2N5O2. The summed E-state index contributed by atoms with van der Waals surface area (Å²) in [6.45, 7) is 2.72. The number of hydrogen-bond acceptors (Lipinski definition) is 6. The number of halogens is 2. The van der Waals surface area contributed by atoms with Crippen molar-refractivity contribution in [1.82, 2.24) is 15.0 Å². The molecule has 1 aromatic heterocycles. The summed E-state index contributed by atoms with van der Waals surface area (Å²) in [5.41, 5.74) is 7.41. The van der Waals surface area contributed by atoms with Gasteiger partial charge in [0.05, 0.1) is 19.0 Å². The summed E-state index contributed by atoms with van der Waals surface area (Å²) in [6.07, 6.45) is 1.92. The molecule has 140 valence electrons. The van der Waals surface area contributed by atoms with E-state index in [4.69, 9.17) is 21.9 Å². The molecule has 9 heteroatoms. The van der Waals surface area contributed by atoms with Gasteiger partial charge in [-0.2, -0.15) is 4.98 Å². The van der Waals surface area contributed by atoms with E-state index in [1.54, 1.807) is 0 Å². The molecule has 2 aromatic rings. The van der Waals surface area contributed by atoms with Crippen LogP contribution in [-0.4, -0.2) is 34.0 Å². The molecule has 1 amide bonds. The summed E-state index contributed by atoms with van der Waals surface area (Å²) in [5, 5.41) is 7.55. The second-order valence-corrected chi connectivity index (χ2v) is 7.06. The second-order valence-electron chi connectivity index (χ2n) is 6.62. The van der Waals surface area contributed by atoms with Gasteiger partial charge >= 0.3 is 0 Å². The highest BCUT2D eigenvalue weighted by Crippen LogP contribution is 2.42. The molecule has 0 radical (unpaired) electrons. The van der Waals surface area contributed by atoms with Gasteiger partial charge < -0.3 is 15.6 Å². The zero-order valence-electron chi connectivity index (χ0n) is 14.2. The number of nitrogens with zero attached hydrogens (tertiary/aromatic N) is 3. The van der Waals surface area contributed by atoms with Gasteiger partial charge in [0.1, 0.15) is 0 Å². The fourth-order valence-corrected chi connectivity index (χ4v) is 3.98. The minimum atomic E-state index is -0.0802. The first-order valence-corrected chi connectivity index (χ1v) is 8.86. The Bertz CT molecular complexity index is 789. The van der Waals surface area contributed by atoms with Crippen LogP contribution in [0.15, 0.2) is 22.7 Å². The third-order valence-electron chi connectivity index (χ3n) is 5.04. The van der Waals surface area contributed by atoms with Crippen LogP contribution in [0.25, 0.3) is 0 Å². The van der Waals surface area contributed by atoms with Gasteiger partial charge in [0.15, 0.2) is 5.82 Å². The molecule has 0 bridgehead atoms. The second kappa shape index (κ2) is 7.92. The average Bonchev–Trinajstić information content (AvgIpc) is 3.18. The SMILES string of the molecule is Cl.NCc1nc(CN2CCC(C3C(=O)Nc4cc(Cl)ccc43)CC2)no1. The minimum Gasteiger partial charge on any atom is -0.338 e. The molecule has 2 aliphatic heterocycles. The number of nitrogens with one attached hydrogen (secondary N) is 1. The predicted molar refractivity (Wildman–Crippen MR) is 100 cm³/mol. The molecule has 3 N–H and O–H groups in total. The average molecular weight is 398 g/mol. The molecule has 1 unspecified atom stereocenters. The van der Waals surface area contributed by atoms with Crippen LogP contribution in [0, 0.1) is 5.92 Å². The zero-order valence-corrected chi connectivity index (χ0v) is 15.7. The molecule has 1 fully saturated rings. The summed E-state index contributed by atoms with van der Waals surface area (Å²) in [7, 11) is 0. The number of likely N-dealkylation sites (tertiary alicyclic amines) is 1. The van der Waals surface area contributed by atoms with Crippen LogP contribution < -0.4 is 11.1 Å². The Morgan fingerprint density at radius 3 is 2.81 bits per heavy atom. The largest absolute Gasteiger partial charge is 0.338 e. The van der Waals surface area contributed by atoms with Crippen LogP contribution in [0.4, 0.5) is 5.69 Å². The number of piperidine rings is 1. The maximum Gasteiger partial charge on any atom is 0.240 e. The van der Waals surface area contributed by atoms with Crippen molar-refractivity contribution in [1.29, 1.82) is 0 Å². The highest BCUT2D eigenvalue weighted by atomic mass is 35.5. The summed E-state index contributed by atoms with van der Waals surface area (Å²) in [5.74, 6) is 1.47. The molecule has 0 saturated carbocycles. The quantitative estimate of drug-likeness (QED) is 0.822. The lowest BCUT2D eigenvalue weighted by atomic mass is 9.81. The Labute approximate surface area is 162 Å². The monoisotopic (exact) mass is 397 g/mol. The Morgan fingerprint density at radius 1 is 1.35 bits per heavy atom. The third-order valence-corrected chi connectivity index (χ3v) is 5.28. The number of nitrogens with two attached hydrogens (primary N) is 1. The third kappa shape index (κ3) is 3.71. The van der Waals surface area contributed by atoms with E-state index in [1.165, 1.54) is 0 Å². The standard InChI is InChI=1S/C17H20ClN5O2.ClH/c18-11-1-2-12-13(7-11)20-17(24)16(12)10-3-5-23(6-4-10)9-14-21-15(8-19)25-22-14;/h1-2,7,10,16H,3-6,8-9,19H2,(H,20,24);1H. The van der Waals surface area contributed by atoms with E-state index in [0.29, 0.717) is 29.2 Å². The molecule has 1 atom stereocenters. The van der Waals surface area contributed by atoms with Gasteiger partial charge in [0.25, 0.3) is 0 Å². The molecule has 1 aromatic carbocycles. The molecule has 2 aliphatic rings. The van der Waals surface area contributed by atoms with Crippen molar-refractivity contribution in [3.05, 3.63) is 40.5 Å². The number of carbonyl (C=O) groups is 1. The Balaban J connectivity index is 0.00000196. The van der Waals surface area contributed by atoms with E-state index in [9.17, 15) is 4.79 Å². The number of rotatable bonds is 4. The summed E-state index contributed by atoms with van der Waals surface area (Å²) < 4.78 is 5.04. The van der Waals surface area contributed by atoms with Gasteiger partial charge in [-0.05, 0) is 49.5 Å². The van der Waals surface area contributed by atoms with Gasteiger partial charge in [0.2, 0.25) is 11.8 Å². The zero-order chi connectivity index (χ0) is 17.4. The number of carbonyl (C=O) groups excluding carboxylic acids is 1. The fraction of sp³-hybridized carbons (Fsp3) is 0.471. The van der Waals surface area contributed by atoms with Gasteiger partial charge in [-0.1, -0.05) is 22.8 Å². The van der Waals surface area contributed by atoms with Crippen LogP contribution in [-0.2, 0) is 17.9 Å². The Morgan fingerprint density at radius 2 is 2.12 bits per heavy atom. The first-order chi connectivity index (χ1) is 12.1. The lowest BCUT2D eigenvalue weighted by Crippen LogP contribution is -2.36. The number of aromatic nitrogens is 2. The van der Waals surface area contributed by atoms with Crippen LogP contribution in [0.3, 0.4) is 0 Å². The van der Waals surface area contributed by atoms with Gasteiger partial charge in [-0.15, -0.1) is 12.4 Å². The summed E-state index contributed by atoms with van der Waals surface area (Å²) in [4.78, 5) is 19.0. The lowest BCUT2D eigenvalue weighted by Gasteiger charge is -2.33. The van der Waals surface area contributed by atoms with Crippen molar-refractivity contribution >= 4 is 35.6 Å². The number of fused-ring (bicyclic) bond motifs is 1. The number of hydrogen-bond donors (Lipinski definition) is 2. The maximum absolute atomic E-state index is 12.4. The maximum atomic E-state index is 12.4. The van der Waals surface area contributed by atoms with E-state index in [1.807, 2.05) is 18.2 Å². The molecule has 0 aliphatic carbocycles. The summed E-state index contributed by atoms with van der Waals surface area (Å²) >= 11 is 6.03. The van der Waals surface area contributed by atoms with Gasteiger partial charge in [0, 0.05) is 10.7 Å². The van der Waals surface area contributed by atoms with Crippen molar-refractivity contribution < 1.29 is 9.32 Å². The highest BCUT2D eigenvalue weighted by molar-refractivity contribution is 6.31. The van der Waals surface area contributed by atoms with E-state index >= 15 is 0 Å².